The van der Waals surface area contributed by atoms with Gasteiger partial charge in [0, 0.05) is 23.9 Å². The van der Waals surface area contributed by atoms with Crippen LogP contribution in [0.15, 0.2) is 58.7 Å². The lowest BCUT2D eigenvalue weighted by atomic mass is 9.91. The number of nitrogens with zero attached hydrogens (tertiary/aromatic N) is 2. The van der Waals surface area contributed by atoms with Gasteiger partial charge in [0.15, 0.2) is 0 Å². The highest BCUT2D eigenvalue weighted by molar-refractivity contribution is 6.19. The SMILES string of the molecule is N/C(=C\C=C(/N)NC(=O)CN1CCCC2=C1C(=O)N(C1CCC1)C2=O)C1=CCCC=C1. The van der Waals surface area contributed by atoms with Crippen molar-refractivity contribution in [2.24, 2.45) is 11.5 Å². The van der Waals surface area contributed by atoms with Crippen LogP contribution in [0.25, 0.3) is 0 Å². The number of hydrogen-bond acceptors (Lipinski definition) is 6. The maximum Gasteiger partial charge on any atom is 0.277 e. The second-order valence-corrected chi connectivity index (χ2v) is 8.35. The quantitative estimate of drug-likeness (QED) is 0.437. The summed E-state index contributed by atoms with van der Waals surface area (Å²) in [5.74, 6) is -0.607. The molecule has 0 aromatic heterocycles. The molecule has 0 aromatic rings. The molecule has 8 nitrogen and oxygen atoms in total. The molecule has 0 atom stereocenters. The Kier molecular flexibility index (Phi) is 5.97. The molecule has 1 saturated carbocycles. The van der Waals surface area contributed by atoms with Gasteiger partial charge in [0.25, 0.3) is 11.8 Å². The summed E-state index contributed by atoms with van der Waals surface area (Å²) in [7, 11) is 0. The molecule has 5 N–H and O–H groups in total. The second-order valence-electron chi connectivity index (χ2n) is 8.35. The number of carbonyl (C=O) groups is 3. The van der Waals surface area contributed by atoms with E-state index in [4.69, 9.17) is 11.5 Å². The van der Waals surface area contributed by atoms with E-state index in [9.17, 15) is 14.4 Å². The maximum atomic E-state index is 12.9. The second kappa shape index (κ2) is 8.83. The highest BCUT2D eigenvalue weighted by Crippen LogP contribution is 2.36. The predicted molar refractivity (Wildman–Crippen MR) is 116 cm³/mol. The molecule has 2 heterocycles. The Hall–Kier alpha value is -3.29. The fourth-order valence-electron chi connectivity index (χ4n) is 4.35. The van der Waals surface area contributed by atoms with Crippen molar-refractivity contribution in [3.05, 3.63) is 58.7 Å². The third kappa shape index (κ3) is 4.28. The normalized spacial score (nSPS) is 22.5. The number of imide groups is 1. The third-order valence-electron chi connectivity index (χ3n) is 6.18. The number of carbonyl (C=O) groups excluding carboxylic acids is 3. The van der Waals surface area contributed by atoms with Crippen molar-refractivity contribution >= 4 is 17.7 Å². The highest BCUT2D eigenvalue weighted by atomic mass is 16.2. The van der Waals surface area contributed by atoms with Crippen LogP contribution in [0.4, 0.5) is 0 Å². The minimum absolute atomic E-state index is 0.00576. The molecular weight excluding hydrogens is 394 g/mol. The van der Waals surface area contributed by atoms with Crippen molar-refractivity contribution in [3.63, 3.8) is 0 Å². The van der Waals surface area contributed by atoms with Crippen LogP contribution in [0.2, 0.25) is 0 Å². The van der Waals surface area contributed by atoms with Gasteiger partial charge in [-0.2, -0.15) is 0 Å². The minimum atomic E-state index is -0.339. The number of allylic oxidation sites excluding steroid dienone is 5. The topological polar surface area (TPSA) is 122 Å². The number of rotatable bonds is 6. The molecule has 2 aliphatic heterocycles. The van der Waals surface area contributed by atoms with Crippen LogP contribution in [0.1, 0.15) is 44.9 Å². The van der Waals surface area contributed by atoms with Gasteiger partial charge in [-0.3, -0.25) is 19.3 Å². The summed E-state index contributed by atoms with van der Waals surface area (Å²) in [5.41, 5.74) is 14.4. The smallest absolute Gasteiger partial charge is 0.277 e. The molecule has 0 unspecified atom stereocenters. The predicted octanol–water partition coefficient (Wildman–Crippen LogP) is 1.29. The van der Waals surface area contributed by atoms with E-state index in [1.54, 1.807) is 17.1 Å². The van der Waals surface area contributed by atoms with E-state index in [0.29, 0.717) is 29.9 Å². The van der Waals surface area contributed by atoms with E-state index >= 15 is 0 Å². The molecule has 3 amide bonds. The molecule has 2 aliphatic carbocycles. The molecule has 1 fully saturated rings. The highest BCUT2D eigenvalue weighted by Gasteiger charge is 2.46. The van der Waals surface area contributed by atoms with Gasteiger partial charge in [0.2, 0.25) is 5.91 Å². The molecule has 4 aliphatic rings. The summed E-state index contributed by atoms with van der Waals surface area (Å²) in [6.07, 6.45) is 15.3. The molecular formula is C23H29N5O3. The van der Waals surface area contributed by atoms with Gasteiger partial charge in [-0.15, -0.1) is 0 Å². The van der Waals surface area contributed by atoms with Gasteiger partial charge >= 0.3 is 0 Å². The van der Waals surface area contributed by atoms with Gasteiger partial charge in [-0.25, -0.2) is 0 Å². The fraction of sp³-hybridized carbons (Fsp3) is 0.435. The van der Waals surface area contributed by atoms with E-state index in [1.165, 1.54) is 4.90 Å². The first-order chi connectivity index (χ1) is 15.0. The zero-order valence-corrected chi connectivity index (χ0v) is 17.6. The van der Waals surface area contributed by atoms with Crippen molar-refractivity contribution in [2.45, 2.75) is 51.0 Å². The monoisotopic (exact) mass is 423 g/mol. The van der Waals surface area contributed by atoms with Gasteiger partial charge in [0.1, 0.15) is 11.5 Å². The lowest BCUT2D eigenvalue weighted by Gasteiger charge is -2.34. The Morgan fingerprint density at radius 3 is 2.61 bits per heavy atom. The lowest BCUT2D eigenvalue weighted by molar-refractivity contribution is -0.142. The number of hydrogen-bond donors (Lipinski definition) is 3. The van der Waals surface area contributed by atoms with Gasteiger partial charge in [-0.1, -0.05) is 18.2 Å². The van der Waals surface area contributed by atoms with E-state index in [-0.39, 0.29) is 36.1 Å². The van der Waals surface area contributed by atoms with Crippen molar-refractivity contribution in [1.29, 1.82) is 0 Å². The first-order valence-electron chi connectivity index (χ1n) is 10.9. The molecule has 0 saturated heterocycles. The summed E-state index contributed by atoms with van der Waals surface area (Å²) in [6.45, 7) is 0.527. The summed E-state index contributed by atoms with van der Waals surface area (Å²) in [6, 6.07) is 0.00576. The molecule has 8 heteroatoms. The molecule has 4 rings (SSSR count). The van der Waals surface area contributed by atoms with E-state index in [2.05, 4.69) is 17.5 Å². The van der Waals surface area contributed by atoms with Crippen LogP contribution in [0, 0.1) is 0 Å². The maximum absolute atomic E-state index is 12.9. The molecule has 31 heavy (non-hydrogen) atoms. The van der Waals surface area contributed by atoms with Gasteiger partial charge in [0.05, 0.1) is 6.54 Å². The van der Waals surface area contributed by atoms with Crippen molar-refractivity contribution in [1.82, 2.24) is 15.1 Å². The van der Waals surface area contributed by atoms with Crippen LogP contribution in [0.3, 0.4) is 0 Å². The molecule has 0 bridgehead atoms. The van der Waals surface area contributed by atoms with Crippen LogP contribution >= 0.6 is 0 Å². The van der Waals surface area contributed by atoms with E-state index < -0.39 is 0 Å². The molecule has 0 spiro atoms. The van der Waals surface area contributed by atoms with E-state index in [0.717, 1.165) is 44.1 Å². The Morgan fingerprint density at radius 2 is 1.94 bits per heavy atom. The van der Waals surface area contributed by atoms with Crippen LogP contribution in [-0.4, -0.2) is 46.7 Å². The molecule has 0 radical (unpaired) electrons. The Balaban J connectivity index is 1.39. The Labute approximate surface area is 182 Å². The van der Waals surface area contributed by atoms with Crippen LogP contribution in [-0.2, 0) is 14.4 Å². The molecule has 164 valence electrons. The fourth-order valence-corrected chi connectivity index (χ4v) is 4.35. The average molecular weight is 424 g/mol. The standard InChI is InChI=1S/C23H29N5O3/c24-18(15-6-2-1-3-7-15)11-12-19(25)26-20(29)14-27-13-5-10-17-21(27)23(31)28(22(17)30)16-8-4-9-16/h2,6-7,11-12,16H,1,3-5,8-10,13-14,24-25H2,(H,26,29)/b18-11-,19-12+. The van der Waals surface area contributed by atoms with Gasteiger partial charge < -0.3 is 21.7 Å². The van der Waals surface area contributed by atoms with Gasteiger partial charge in [-0.05, 0) is 62.7 Å². The lowest BCUT2D eigenvalue weighted by Crippen LogP contribution is -2.46. The van der Waals surface area contributed by atoms with Crippen LogP contribution < -0.4 is 16.8 Å². The first kappa shape index (κ1) is 21.0. The number of nitrogens with two attached hydrogens (primary N) is 2. The molecule has 0 aromatic carbocycles. The summed E-state index contributed by atoms with van der Waals surface area (Å²) >= 11 is 0. The number of nitrogens with one attached hydrogen (secondary N) is 1. The summed E-state index contributed by atoms with van der Waals surface area (Å²) in [4.78, 5) is 41.3. The minimum Gasteiger partial charge on any atom is -0.398 e. The summed E-state index contributed by atoms with van der Waals surface area (Å²) in [5, 5.41) is 2.64. The average Bonchev–Trinajstić information content (AvgIpc) is 2.97. The van der Waals surface area contributed by atoms with E-state index in [1.807, 2.05) is 6.08 Å². The van der Waals surface area contributed by atoms with Crippen molar-refractivity contribution in [3.8, 4) is 0 Å². The largest absolute Gasteiger partial charge is 0.398 e. The van der Waals surface area contributed by atoms with Crippen LogP contribution in [0.5, 0.6) is 0 Å². The first-order valence-corrected chi connectivity index (χ1v) is 10.9. The Bertz CT molecular complexity index is 952. The third-order valence-corrected chi connectivity index (χ3v) is 6.18. The van der Waals surface area contributed by atoms with Crippen molar-refractivity contribution in [2.75, 3.05) is 13.1 Å². The zero-order chi connectivity index (χ0) is 22.0. The Morgan fingerprint density at radius 1 is 1.13 bits per heavy atom. The summed E-state index contributed by atoms with van der Waals surface area (Å²) < 4.78 is 0. The van der Waals surface area contributed by atoms with Crippen molar-refractivity contribution < 1.29 is 14.4 Å². The zero-order valence-electron chi connectivity index (χ0n) is 17.6. The number of amides is 3.